The van der Waals surface area contributed by atoms with Crippen LogP contribution in [-0.2, 0) is 119 Å². The summed E-state index contributed by atoms with van der Waals surface area (Å²) in [5.74, 6) is -2.78. The molecule has 0 aromatic heterocycles. The summed E-state index contributed by atoms with van der Waals surface area (Å²) in [5, 5.41) is 26.1. The van der Waals surface area contributed by atoms with Crippen LogP contribution in [0.3, 0.4) is 0 Å². The number of carbonyl (C=O) groups is 5. The van der Waals surface area contributed by atoms with Crippen LogP contribution in [-0.4, -0.2) is 166 Å². The van der Waals surface area contributed by atoms with Crippen molar-refractivity contribution in [3.8, 4) is 0 Å². The van der Waals surface area contributed by atoms with Crippen molar-refractivity contribution < 1.29 is 95.8 Å². The van der Waals surface area contributed by atoms with Gasteiger partial charge in [-0.05, 0) is 47.7 Å². The van der Waals surface area contributed by atoms with Crippen LogP contribution in [0.25, 0.3) is 0 Å². The highest BCUT2D eigenvalue weighted by Gasteiger charge is 2.57. The molecule has 92 heavy (non-hydrogen) atoms. The maximum Gasteiger partial charge on any atom is 0.306 e. The summed E-state index contributed by atoms with van der Waals surface area (Å²) in [6.07, 6.45) is -20.4. The number of amides is 1. The average Bonchev–Trinajstić information content (AvgIpc) is 0.775. The van der Waals surface area contributed by atoms with Crippen LogP contribution in [0.15, 0.2) is 152 Å². The van der Waals surface area contributed by atoms with E-state index in [0.29, 0.717) is 12.2 Å². The Morgan fingerprint density at radius 2 is 0.837 bits per heavy atom. The van der Waals surface area contributed by atoms with Crippen LogP contribution in [0.1, 0.15) is 74.3 Å². The lowest BCUT2D eigenvalue weighted by Gasteiger charge is -2.51. The van der Waals surface area contributed by atoms with Gasteiger partial charge in [0, 0.05) is 34.4 Å². The summed E-state index contributed by atoms with van der Waals surface area (Å²) in [7, 11) is -1.67. The maximum atomic E-state index is 14.5. The number of hydrogen-bond acceptors (Lipinski definition) is 20. The fraction of sp³-hybridized carbons (Fsp3) is 0.500. The van der Waals surface area contributed by atoms with Crippen LogP contribution < -0.4 is 5.32 Å². The van der Waals surface area contributed by atoms with Crippen LogP contribution in [0, 0.1) is 0 Å². The van der Waals surface area contributed by atoms with Crippen molar-refractivity contribution in [3.05, 3.63) is 179 Å². The second kappa shape index (κ2) is 36.3. The van der Waals surface area contributed by atoms with Gasteiger partial charge in [-0.3, -0.25) is 14.4 Å². The molecular formula is C70H89NO20Si. The summed E-state index contributed by atoms with van der Waals surface area (Å²) in [6.45, 7) is 10.3. The van der Waals surface area contributed by atoms with Crippen LogP contribution in [0.4, 0.5) is 0 Å². The number of rotatable bonds is 35. The molecule has 0 saturated carbocycles. The Hall–Kier alpha value is -6.45. The zero-order valence-electron chi connectivity index (χ0n) is 53.2. The Balaban J connectivity index is 1.26. The Bertz CT molecular complexity index is 3020. The molecule has 21 nitrogen and oxygen atoms in total. The molecule has 0 spiro atoms. The molecular weight excluding hydrogens is 1200 g/mol. The van der Waals surface area contributed by atoms with E-state index in [1.54, 1.807) is 0 Å². The zero-order valence-corrected chi connectivity index (χ0v) is 54.2. The van der Waals surface area contributed by atoms with Crippen molar-refractivity contribution in [1.82, 2.24) is 5.32 Å². The third kappa shape index (κ3) is 22.6. The lowest BCUT2D eigenvalue weighted by Crippen LogP contribution is -2.69. The lowest BCUT2D eigenvalue weighted by atomic mass is 9.94. The largest absolute Gasteiger partial charge is 0.463 e. The smallest absolute Gasteiger partial charge is 0.306 e. The summed E-state index contributed by atoms with van der Waals surface area (Å²) in [6, 6.07) is 46.8. The van der Waals surface area contributed by atoms with Gasteiger partial charge in [-0.1, -0.05) is 171 Å². The standard InChI is InChI=1S/C70H89NO20Si/c1-46(72)32-34-57(75)82-45-54-60(77)61(78)59(71-48(3)74)68(86-54)90-63-56(44-80-39-50-24-14-8-15-25-50)88-70(67(85-42-53-30-20-11-21-31-53)65(63)89-58(76)35-33-47(2)73)91-62-55(43-79-38-49-22-12-7-13-23-49)87-69(81-36-37-92(4,5)6)66(84-41-52-28-18-10-19-29-52)64(62)83-40-51-26-16-9-17-27-51/h7-31,54-56,59-70,77-78H,32-45H2,1-6H3,(H,71,74)/t54-,55-,56-,59-,60+,61-,62-,63+,64+,65+,66-,67-,68+,69-,70+/m1/s1. The SMILES string of the molecule is CC(=O)CCC(=O)OC[C@H]1O[C@@H](O[C@@H]2[C@H](OC(=O)CCC(C)=O)[C@@H](OCc3ccccc3)[C@H](O[C@H]3[C@H](OCc4ccccc4)[C@@H](OCc4ccccc4)[C@H](OCC[Si](C)(C)C)O[C@@H]3COCc3ccccc3)O[C@@H]2COCc2ccccc2)[C@H](NC(C)=O)[C@@H](O)[C@H]1O. The predicted octanol–water partition coefficient (Wildman–Crippen LogP) is 7.90. The highest BCUT2D eigenvalue weighted by Crippen LogP contribution is 2.38. The van der Waals surface area contributed by atoms with Crippen molar-refractivity contribution in [2.24, 2.45) is 0 Å². The number of Topliss-reactive ketones (excluding diaryl/α,β-unsaturated/α-hetero) is 2. The number of benzene rings is 5. The van der Waals surface area contributed by atoms with Crippen LogP contribution >= 0.6 is 0 Å². The van der Waals surface area contributed by atoms with E-state index >= 15 is 0 Å². The second-order valence-electron chi connectivity index (χ2n) is 24.5. The fourth-order valence-electron chi connectivity index (χ4n) is 10.7. The molecule has 5 aromatic carbocycles. The molecule has 0 radical (unpaired) electrons. The topological polar surface area (TPSA) is 258 Å². The molecule has 3 aliphatic heterocycles. The summed E-state index contributed by atoms with van der Waals surface area (Å²) < 4.78 is 88.1. The van der Waals surface area contributed by atoms with Gasteiger partial charge in [-0.15, -0.1) is 0 Å². The van der Waals surface area contributed by atoms with Gasteiger partial charge in [0.15, 0.2) is 25.0 Å². The summed E-state index contributed by atoms with van der Waals surface area (Å²) >= 11 is 0. The molecule has 22 heteroatoms. The zero-order chi connectivity index (χ0) is 65.4. The van der Waals surface area contributed by atoms with Gasteiger partial charge in [0.25, 0.3) is 0 Å². The average molecular weight is 1290 g/mol. The Morgan fingerprint density at radius 3 is 1.29 bits per heavy atom. The van der Waals surface area contributed by atoms with Crippen molar-refractivity contribution >= 4 is 37.5 Å². The van der Waals surface area contributed by atoms with Crippen LogP contribution in [0.2, 0.25) is 25.7 Å². The molecule has 3 saturated heterocycles. The van der Waals surface area contributed by atoms with E-state index in [0.717, 1.165) is 28.3 Å². The van der Waals surface area contributed by atoms with E-state index in [1.165, 1.54) is 20.8 Å². The lowest BCUT2D eigenvalue weighted by molar-refractivity contribution is -0.384. The number of ketones is 2. The first-order valence-electron chi connectivity index (χ1n) is 31.4. The summed E-state index contributed by atoms with van der Waals surface area (Å²) in [5.41, 5.74) is 4.10. The van der Waals surface area contributed by atoms with Gasteiger partial charge in [-0.2, -0.15) is 0 Å². The molecule has 8 rings (SSSR count). The van der Waals surface area contributed by atoms with Crippen molar-refractivity contribution in [2.75, 3.05) is 26.4 Å². The molecule has 498 valence electrons. The number of aliphatic hydroxyl groups excluding tert-OH is 2. The molecule has 1 amide bonds. The van der Waals surface area contributed by atoms with Gasteiger partial charge < -0.3 is 86.7 Å². The minimum atomic E-state index is -1.81. The fourth-order valence-corrected chi connectivity index (χ4v) is 11.4. The van der Waals surface area contributed by atoms with Gasteiger partial charge in [-0.25, -0.2) is 0 Å². The molecule has 3 heterocycles. The number of aliphatic hydroxyl groups is 2. The van der Waals surface area contributed by atoms with Crippen LogP contribution in [0.5, 0.6) is 0 Å². The van der Waals surface area contributed by atoms with E-state index in [2.05, 4.69) is 25.0 Å². The van der Waals surface area contributed by atoms with Crippen molar-refractivity contribution in [3.63, 3.8) is 0 Å². The van der Waals surface area contributed by atoms with E-state index in [-0.39, 0.29) is 83.5 Å². The molecule has 0 bridgehead atoms. The molecule has 3 N–H and O–H groups in total. The second-order valence-corrected chi connectivity index (χ2v) is 30.2. The van der Waals surface area contributed by atoms with Gasteiger partial charge in [0.2, 0.25) is 5.91 Å². The van der Waals surface area contributed by atoms with E-state index in [1.807, 2.05) is 152 Å². The number of nitrogens with one attached hydrogen (secondary N) is 1. The van der Waals surface area contributed by atoms with E-state index < -0.39 is 125 Å². The quantitative estimate of drug-likeness (QED) is 0.0257. The normalized spacial score (nSPS) is 26.5. The predicted molar refractivity (Wildman–Crippen MR) is 337 cm³/mol. The first kappa shape index (κ1) is 71.4. The van der Waals surface area contributed by atoms with Crippen molar-refractivity contribution in [2.45, 2.75) is 197 Å². The minimum Gasteiger partial charge on any atom is -0.463 e. The van der Waals surface area contributed by atoms with Gasteiger partial charge in [0.1, 0.15) is 85.3 Å². The monoisotopic (exact) mass is 1290 g/mol. The number of hydrogen-bond donors (Lipinski definition) is 3. The first-order valence-corrected chi connectivity index (χ1v) is 35.1. The van der Waals surface area contributed by atoms with Gasteiger partial charge >= 0.3 is 11.9 Å². The van der Waals surface area contributed by atoms with Crippen molar-refractivity contribution in [1.29, 1.82) is 0 Å². The molecule has 15 atom stereocenters. The highest BCUT2D eigenvalue weighted by molar-refractivity contribution is 6.76. The molecule has 0 aliphatic carbocycles. The highest BCUT2D eigenvalue weighted by atomic mass is 28.3. The van der Waals surface area contributed by atoms with Gasteiger partial charge in [0.05, 0.1) is 59.1 Å². The maximum absolute atomic E-state index is 14.5. The Morgan fingerprint density at radius 1 is 0.435 bits per heavy atom. The Kier molecular flexibility index (Phi) is 28.2. The third-order valence-electron chi connectivity index (χ3n) is 15.7. The molecule has 3 fully saturated rings. The third-order valence-corrected chi connectivity index (χ3v) is 17.4. The molecule has 0 unspecified atom stereocenters. The number of carbonyl (C=O) groups excluding carboxylic acids is 5. The molecule has 3 aliphatic rings. The Labute approximate surface area is 539 Å². The van der Waals surface area contributed by atoms with E-state index in [9.17, 15) is 34.2 Å². The number of esters is 2. The number of ether oxygens (including phenoxy) is 13. The summed E-state index contributed by atoms with van der Waals surface area (Å²) in [4.78, 5) is 64.8. The molecule has 5 aromatic rings. The van der Waals surface area contributed by atoms with E-state index in [4.69, 9.17) is 61.6 Å². The first-order chi connectivity index (χ1) is 44.4. The minimum absolute atomic E-state index is 0.0542.